The fourth-order valence-corrected chi connectivity index (χ4v) is 7.06. The van der Waals surface area contributed by atoms with Crippen molar-refractivity contribution in [2.45, 2.75) is 186 Å². The highest BCUT2D eigenvalue weighted by Crippen LogP contribution is 2.28. The van der Waals surface area contributed by atoms with Gasteiger partial charge < -0.3 is 0 Å². The van der Waals surface area contributed by atoms with Gasteiger partial charge in [-0.3, -0.25) is 4.55 Å². The molecule has 0 fully saturated rings. The average molecular weight is 601 g/mol. The Bertz CT molecular complexity index is 1050. The molecular formula is C38H64O3S. The molecule has 0 radical (unpaired) electrons. The van der Waals surface area contributed by atoms with Crippen LogP contribution in [0.1, 0.15) is 179 Å². The van der Waals surface area contributed by atoms with E-state index in [0.29, 0.717) is 5.39 Å². The third-order valence-electron chi connectivity index (χ3n) is 8.95. The quantitative estimate of drug-likeness (QED) is 0.0819. The molecule has 0 unspecified atom stereocenters. The Hall–Kier alpha value is -1.39. The van der Waals surface area contributed by atoms with E-state index < -0.39 is 10.1 Å². The predicted molar refractivity (Wildman–Crippen MR) is 183 cm³/mol. The molecule has 1 N–H and O–H groups in total. The molecule has 0 aliphatic rings. The van der Waals surface area contributed by atoms with Gasteiger partial charge in [0.2, 0.25) is 0 Å². The lowest BCUT2D eigenvalue weighted by molar-refractivity contribution is 0.484. The van der Waals surface area contributed by atoms with E-state index in [0.717, 1.165) is 30.2 Å². The maximum atomic E-state index is 12.2. The molecule has 0 bridgehead atoms. The smallest absolute Gasteiger partial charge is 0.282 e. The summed E-state index contributed by atoms with van der Waals surface area (Å²) in [5, 5.41) is 1.57. The van der Waals surface area contributed by atoms with Gasteiger partial charge in [0.15, 0.2) is 0 Å². The molecule has 240 valence electrons. The molecule has 0 aliphatic carbocycles. The summed E-state index contributed by atoms with van der Waals surface area (Å²) < 4.78 is 34.4. The second-order valence-electron chi connectivity index (χ2n) is 12.9. The van der Waals surface area contributed by atoms with E-state index in [9.17, 15) is 13.0 Å². The molecule has 3 nitrogen and oxygen atoms in total. The van der Waals surface area contributed by atoms with Crippen LogP contribution >= 0.6 is 0 Å². The van der Waals surface area contributed by atoms with Gasteiger partial charge in [0, 0.05) is 5.39 Å². The molecule has 0 amide bonds. The maximum absolute atomic E-state index is 12.2. The van der Waals surface area contributed by atoms with Crippen LogP contribution in [0.4, 0.5) is 0 Å². The van der Waals surface area contributed by atoms with Crippen molar-refractivity contribution in [3.8, 4) is 0 Å². The highest BCUT2D eigenvalue weighted by Gasteiger charge is 2.16. The monoisotopic (exact) mass is 600 g/mol. The molecule has 2 rings (SSSR count). The first-order valence-corrected chi connectivity index (χ1v) is 19.4. The topological polar surface area (TPSA) is 54.4 Å². The summed E-state index contributed by atoms with van der Waals surface area (Å²) in [5.41, 5.74) is 2.28. The molecule has 0 aliphatic heterocycles. The second kappa shape index (κ2) is 23.1. The standard InChI is InChI=1S/C38H64O3S/c1-3-5-7-9-11-13-15-17-19-21-23-25-27-34-29-30-37-36(31-34)32-35(33-38(37)42(39,40)41)28-26-24-22-20-18-16-14-12-10-8-6-4-2/h29-33H,3-28H2,1-2H3,(H,39,40,41). The van der Waals surface area contributed by atoms with E-state index in [-0.39, 0.29) is 4.90 Å². The van der Waals surface area contributed by atoms with Crippen LogP contribution < -0.4 is 0 Å². The van der Waals surface area contributed by atoms with Crippen LogP contribution in [0.5, 0.6) is 0 Å². The van der Waals surface area contributed by atoms with Crippen LogP contribution in [0, 0.1) is 0 Å². The summed E-state index contributed by atoms with van der Waals surface area (Å²) in [6.45, 7) is 4.54. The summed E-state index contributed by atoms with van der Waals surface area (Å²) >= 11 is 0. The zero-order valence-corrected chi connectivity index (χ0v) is 28.3. The van der Waals surface area contributed by atoms with Crippen LogP contribution in [0.3, 0.4) is 0 Å². The van der Waals surface area contributed by atoms with Gasteiger partial charge in [0.1, 0.15) is 4.90 Å². The third kappa shape index (κ3) is 16.5. The van der Waals surface area contributed by atoms with Gasteiger partial charge in [-0.15, -0.1) is 0 Å². The minimum atomic E-state index is -4.26. The number of aryl methyl sites for hydroxylation is 2. The molecule has 0 saturated carbocycles. The van der Waals surface area contributed by atoms with E-state index in [1.807, 2.05) is 12.1 Å². The normalized spacial score (nSPS) is 12.0. The Balaban J connectivity index is 1.72. The molecule has 2 aromatic rings. The largest absolute Gasteiger partial charge is 0.295 e. The molecule has 0 saturated heterocycles. The molecular weight excluding hydrogens is 536 g/mol. The number of benzene rings is 2. The summed E-state index contributed by atoms with van der Waals surface area (Å²) in [4.78, 5) is 0.0610. The zero-order valence-electron chi connectivity index (χ0n) is 27.4. The Labute approximate surface area is 260 Å². The first-order chi connectivity index (χ1) is 20.5. The fourth-order valence-electron chi connectivity index (χ4n) is 6.30. The van der Waals surface area contributed by atoms with Crippen molar-refractivity contribution in [3.63, 3.8) is 0 Å². The van der Waals surface area contributed by atoms with E-state index in [2.05, 4.69) is 26.0 Å². The summed E-state index contributed by atoms with van der Waals surface area (Å²) in [5.74, 6) is 0. The molecule has 2 aromatic carbocycles. The fraction of sp³-hybridized carbons (Fsp3) is 0.737. The molecule has 42 heavy (non-hydrogen) atoms. The number of hydrogen-bond donors (Lipinski definition) is 1. The minimum Gasteiger partial charge on any atom is -0.282 e. The molecule has 0 spiro atoms. The van der Waals surface area contributed by atoms with E-state index in [1.165, 1.54) is 153 Å². The van der Waals surface area contributed by atoms with Crippen molar-refractivity contribution in [1.29, 1.82) is 0 Å². The molecule has 0 aromatic heterocycles. The Morgan fingerprint density at radius 1 is 0.476 bits per heavy atom. The van der Waals surface area contributed by atoms with Crippen molar-refractivity contribution in [1.82, 2.24) is 0 Å². The lowest BCUT2D eigenvalue weighted by Crippen LogP contribution is -2.01. The average Bonchev–Trinajstić information content (AvgIpc) is 2.97. The third-order valence-corrected chi connectivity index (χ3v) is 9.85. The van der Waals surface area contributed by atoms with Gasteiger partial charge in [-0.05, 0) is 48.3 Å². The van der Waals surface area contributed by atoms with Gasteiger partial charge in [-0.1, -0.05) is 179 Å². The SMILES string of the molecule is CCCCCCCCCCCCCCc1ccc2c(S(=O)(=O)O)cc(CCCCCCCCCCCCCC)cc2c1. The highest BCUT2D eigenvalue weighted by atomic mass is 32.2. The van der Waals surface area contributed by atoms with E-state index in [1.54, 1.807) is 6.07 Å². The Kier molecular flexibility index (Phi) is 20.2. The van der Waals surface area contributed by atoms with Crippen LogP contribution in [-0.2, 0) is 23.0 Å². The maximum Gasteiger partial charge on any atom is 0.295 e. The van der Waals surface area contributed by atoms with Crippen LogP contribution in [0.25, 0.3) is 10.8 Å². The molecule has 0 heterocycles. The first kappa shape index (κ1) is 36.8. The number of fused-ring (bicyclic) bond motifs is 1. The van der Waals surface area contributed by atoms with Crippen molar-refractivity contribution in [2.75, 3.05) is 0 Å². The van der Waals surface area contributed by atoms with Crippen LogP contribution in [-0.4, -0.2) is 13.0 Å². The minimum absolute atomic E-state index is 0.0610. The molecule has 0 atom stereocenters. The lowest BCUT2D eigenvalue weighted by atomic mass is 9.98. The summed E-state index contributed by atoms with van der Waals surface area (Å²) in [6.07, 6.45) is 33.8. The van der Waals surface area contributed by atoms with E-state index >= 15 is 0 Å². The van der Waals surface area contributed by atoms with Crippen LogP contribution in [0.2, 0.25) is 0 Å². The highest BCUT2D eigenvalue weighted by molar-refractivity contribution is 7.86. The molecule has 4 heteroatoms. The van der Waals surface area contributed by atoms with Crippen molar-refractivity contribution >= 4 is 20.9 Å². The van der Waals surface area contributed by atoms with Gasteiger partial charge in [-0.2, -0.15) is 8.42 Å². The Morgan fingerprint density at radius 2 is 0.833 bits per heavy atom. The Morgan fingerprint density at radius 3 is 1.24 bits per heavy atom. The first-order valence-electron chi connectivity index (χ1n) is 18.0. The van der Waals surface area contributed by atoms with Crippen molar-refractivity contribution in [3.05, 3.63) is 41.5 Å². The number of unbranched alkanes of at least 4 members (excludes halogenated alkanes) is 22. The van der Waals surface area contributed by atoms with Crippen molar-refractivity contribution < 1.29 is 13.0 Å². The van der Waals surface area contributed by atoms with Crippen molar-refractivity contribution in [2.24, 2.45) is 0 Å². The van der Waals surface area contributed by atoms with Gasteiger partial charge in [-0.25, -0.2) is 0 Å². The lowest BCUT2D eigenvalue weighted by Gasteiger charge is -2.11. The summed E-state index contributed by atoms with van der Waals surface area (Å²) in [7, 11) is -4.26. The van der Waals surface area contributed by atoms with Crippen LogP contribution in [0.15, 0.2) is 35.2 Å². The van der Waals surface area contributed by atoms with Gasteiger partial charge >= 0.3 is 0 Å². The number of hydrogen-bond acceptors (Lipinski definition) is 2. The second-order valence-corrected chi connectivity index (χ2v) is 14.3. The zero-order chi connectivity index (χ0) is 30.3. The summed E-state index contributed by atoms with van der Waals surface area (Å²) in [6, 6.07) is 9.92. The van der Waals surface area contributed by atoms with Gasteiger partial charge in [0.05, 0.1) is 0 Å². The predicted octanol–water partition coefficient (Wildman–Crippen LogP) is 12.6. The number of rotatable bonds is 27. The van der Waals surface area contributed by atoms with E-state index in [4.69, 9.17) is 0 Å². The van der Waals surface area contributed by atoms with Gasteiger partial charge in [0.25, 0.3) is 10.1 Å².